The molecule has 1 aliphatic carbocycles. The van der Waals surface area contributed by atoms with E-state index in [2.05, 4.69) is 18.7 Å². The normalized spacial score (nSPS) is 16.8. The van der Waals surface area contributed by atoms with Gasteiger partial charge in [-0.25, -0.2) is 4.39 Å². The molecule has 0 heterocycles. The van der Waals surface area contributed by atoms with E-state index >= 15 is 0 Å². The van der Waals surface area contributed by atoms with Crippen molar-refractivity contribution in [2.75, 3.05) is 11.4 Å². The molecule has 1 saturated carbocycles. The van der Waals surface area contributed by atoms with Crippen LogP contribution in [0.25, 0.3) is 0 Å². The van der Waals surface area contributed by atoms with Crippen LogP contribution in [-0.4, -0.2) is 12.6 Å². The Hall–Kier alpha value is -1.09. The lowest BCUT2D eigenvalue weighted by Crippen LogP contribution is -2.31. The first kappa shape index (κ1) is 14.3. The Labute approximate surface area is 115 Å². The highest BCUT2D eigenvalue weighted by Gasteiger charge is 2.31. The second kappa shape index (κ2) is 5.49. The number of hydrogen-bond donors (Lipinski definition) is 1. The van der Waals surface area contributed by atoms with Crippen LogP contribution >= 0.6 is 0 Å². The maximum Gasteiger partial charge on any atom is 0.126 e. The van der Waals surface area contributed by atoms with Gasteiger partial charge in [0.2, 0.25) is 0 Å². The smallest absolute Gasteiger partial charge is 0.126 e. The van der Waals surface area contributed by atoms with Crippen LogP contribution in [0.4, 0.5) is 10.1 Å². The molecule has 2 N–H and O–H groups in total. The third-order valence-electron chi connectivity index (χ3n) is 3.66. The molecule has 0 spiro atoms. The maximum absolute atomic E-state index is 13.8. The van der Waals surface area contributed by atoms with Gasteiger partial charge in [-0.2, -0.15) is 0 Å². The minimum absolute atomic E-state index is 0.140. The lowest BCUT2D eigenvalue weighted by molar-refractivity contribution is 0.595. The Bertz CT molecular complexity index is 450. The fraction of sp³-hybridized carbons (Fsp3) is 0.625. The van der Waals surface area contributed by atoms with E-state index in [1.54, 1.807) is 6.07 Å². The summed E-state index contributed by atoms with van der Waals surface area (Å²) >= 11 is 0. The number of benzene rings is 1. The topological polar surface area (TPSA) is 29.3 Å². The number of nitrogens with two attached hydrogens (primary N) is 1. The van der Waals surface area contributed by atoms with Crippen LogP contribution < -0.4 is 10.6 Å². The molecule has 1 fully saturated rings. The van der Waals surface area contributed by atoms with Crippen LogP contribution in [0.2, 0.25) is 0 Å². The van der Waals surface area contributed by atoms with Gasteiger partial charge in [-0.05, 0) is 55.9 Å². The molecule has 1 aromatic carbocycles. The second-order valence-electron chi connectivity index (χ2n) is 6.23. The molecule has 106 valence electrons. The lowest BCUT2D eigenvalue weighted by atomic mass is 10.0. The van der Waals surface area contributed by atoms with E-state index in [0.29, 0.717) is 17.5 Å². The van der Waals surface area contributed by atoms with Crippen LogP contribution in [0.15, 0.2) is 12.1 Å². The predicted octanol–water partition coefficient (Wildman–Crippen LogP) is 3.78. The first-order valence-corrected chi connectivity index (χ1v) is 7.22. The van der Waals surface area contributed by atoms with E-state index in [-0.39, 0.29) is 11.9 Å². The minimum atomic E-state index is -0.156. The summed E-state index contributed by atoms with van der Waals surface area (Å²) < 4.78 is 13.8. The summed E-state index contributed by atoms with van der Waals surface area (Å²) in [7, 11) is 0. The van der Waals surface area contributed by atoms with Crippen LogP contribution in [-0.2, 0) is 0 Å². The molecule has 19 heavy (non-hydrogen) atoms. The van der Waals surface area contributed by atoms with Crippen LogP contribution in [0.3, 0.4) is 0 Å². The van der Waals surface area contributed by atoms with Crippen molar-refractivity contribution < 1.29 is 4.39 Å². The Balaban J connectivity index is 2.42. The van der Waals surface area contributed by atoms with E-state index in [0.717, 1.165) is 17.8 Å². The average molecular weight is 264 g/mol. The number of anilines is 1. The first-order valence-electron chi connectivity index (χ1n) is 7.22. The molecule has 1 aromatic rings. The molecule has 1 atom stereocenters. The quantitative estimate of drug-likeness (QED) is 0.877. The molecular weight excluding hydrogens is 239 g/mol. The summed E-state index contributed by atoms with van der Waals surface area (Å²) in [5.74, 6) is 0.434. The van der Waals surface area contributed by atoms with Gasteiger partial charge in [0.15, 0.2) is 0 Å². The van der Waals surface area contributed by atoms with Gasteiger partial charge in [0.25, 0.3) is 0 Å². The summed E-state index contributed by atoms with van der Waals surface area (Å²) in [5, 5.41) is 0. The molecule has 0 amide bonds. The molecule has 2 nitrogen and oxygen atoms in total. The number of hydrogen-bond acceptors (Lipinski definition) is 2. The van der Waals surface area contributed by atoms with Crippen molar-refractivity contribution >= 4 is 5.69 Å². The zero-order chi connectivity index (χ0) is 14.2. The van der Waals surface area contributed by atoms with Crippen LogP contribution in [0, 0.1) is 18.7 Å². The molecule has 0 saturated heterocycles. The monoisotopic (exact) mass is 264 g/mol. The van der Waals surface area contributed by atoms with Crippen molar-refractivity contribution in [2.24, 2.45) is 11.7 Å². The Kier molecular flexibility index (Phi) is 4.14. The average Bonchev–Trinajstić information content (AvgIpc) is 3.12. The van der Waals surface area contributed by atoms with Gasteiger partial charge >= 0.3 is 0 Å². The van der Waals surface area contributed by atoms with E-state index in [4.69, 9.17) is 5.73 Å². The minimum Gasteiger partial charge on any atom is -0.368 e. The van der Waals surface area contributed by atoms with Crippen molar-refractivity contribution in [3.8, 4) is 0 Å². The zero-order valence-electron chi connectivity index (χ0n) is 12.4. The van der Waals surface area contributed by atoms with Crippen molar-refractivity contribution in [3.63, 3.8) is 0 Å². The molecule has 0 unspecified atom stereocenters. The SMILES string of the molecule is Cc1cc(N(CC(C)C)C2CC2)c([C@@H](C)N)cc1F. The first-order chi connectivity index (χ1) is 8.90. The van der Waals surface area contributed by atoms with Gasteiger partial charge in [-0.1, -0.05) is 13.8 Å². The Morgan fingerprint density at radius 2 is 1.95 bits per heavy atom. The van der Waals surface area contributed by atoms with Crippen molar-refractivity contribution in [1.82, 2.24) is 0 Å². The Morgan fingerprint density at radius 3 is 2.42 bits per heavy atom. The van der Waals surface area contributed by atoms with Crippen LogP contribution in [0.5, 0.6) is 0 Å². The van der Waals surface area contributed by atoms with Crippen LogP contribution in [0.1, 0.15) is 50.8 Å². The largest absolute Gasteiger partial charge is 0.368 e. The Morgan fingerprint density at radius 1 is 1.32 bits per heavy atom. The van der Waals surface area contributed by atoms with Gasteiger partial charge in [0.05, 0.1) is 0 Å². The second-order valence-corrected chi connectivity index (χ2v) is 6.23. The highest BCUT2D eigenvalue weighted by Crippen LogP contribution is 2.37. The number of aryl methyl sites for hydroxylation is 1. The van der Waals surface area contributed by atoms with Gasteiger partial charge < -0.3 is 10.6 Å². The van der Waals surface area contributed by atoms with Gasteiger partial charge in [0, 0.05) is 24.3 Å². The predicted molar refractivity (Wildman–Crippen MR) is 78.9 cm³/mol. The standard InChI is InChI=1S/C16H25FN2/c1-10(2)9-19(13-5-6-13)16-7-11(3)15(17)8-14(16)12(4)18/h7-8,10,12-13H,5-6,9,18H2,1-4H3/t12-/m1/s1. The van der Waals surface area contributed by atoms with E-state index in [9.17, 15) is 4.39 Å². The number of halogens is 1. The van der Waals surface area contributed by atoms with Gasteiger partial charge in [-0.3, -0.25) is 0 Å². The number of rotatable bonds is 5. The maximum atomic E-state index is 13.8. The molecule has 0 radical (unpaired) electrons. The summed E-state index contributed by atoms with van der Waals surface area (Å²) in [5.41, 5.74) is 8.79. The zero-order valence-corrected chi connectivity index (χ0v) is 12.4. The molecule has 3 heteroatoms. The lowest BCUT2D eigenvalue weighted by Gasteiger charge is -2.30. The molecule has 0 bridgehead atoms. The fourth-order valence-electron chi connectivity index (χ4n) is 2.52. The van der Waals surface area contributed by atoms with E-state index in [1.807, 2.05) is 19.9 Å². The van der Waals surface area contributed by atoms with Crippen molar-refractivity contribution in [2.45, 2.75) is 52.6 Å². The van der Waals surface area contributed by atoms with E-state index < -0.39 is 0 Å². The molecule has 0 aliphatic heterocycles. The highest BCUT2D eigenvalue weighted by molar-refractivity contribution is 5.58. The molecule has 1 aliphatic rings. The molecular formula is C16H25FN2. The van der Waals surface area contributed by atoms with E-state index in [1.165, 1.54) is 12.8 Å². The summed E-state index contributed by atoms with van der Waals surface area (Å²) in [4.78, 5) is 2.43. The van der Waals surface area contributed by atoms with Gasteiger partial charge in [0.1, 0.15) is 5.82 Å². The number of nitrogens with zero attached hydrogens (tertiary/aromatic N) is 1. The fourth-order valence-corrected chi connectivity index (χ4v) is 2.52. The summed E-state index contributed by atoms with van der Waals surface area (Å²) in [6.45, 7) is 9.20. The van der Waals surface area contributed by atoms with Gasteiger partial charge in [-0.15, -0.1) is 0 Å². The molecule has 0 aromatic heterocycles. The third-order valence-corrected chi connectivity index (χ3v) is 3.66. The molecule has 2 rings (SSSR count). The van der Waals surface area contributed by atoms with Crippen molar-refractivity contribution in [3.05, 3.63) is 29.1 Å². The summed E-state index contributed by atoms with van der Waals surface area (Å²) in [6, 6.07) is 4.06. The van der Waals surface area contributed by atoms with Crippen molar-refractivity contribution in [1.29, 1.82) is 0 Å². The summed E-state index contributed by atoms with van der Waals surface area (Å²) in [6.07, 6.45) is 2.48. The third kappa shape index (κ3) is 3.27. The highest BCUT2D eigenvalue weighted by atomic mass is 19.1.